The summed E-state index contributed by atoms with van der Waals surface area (Å²) in [6.07, 6.45) is 0.725. The molecule has 1 fully saturated rings. The number of carboxylic acid groups (broad SMARTS) is 1. The molecule has 1 heterocycles. The van der Waals surface area contributed by atoms with Gasteiger partial charge in [0.25, 0.3) is 0 Å². The summed E-state index contributed by atoms with van der Waals surface area (Å²) < 4.78 is 10.0. The molecule has 0 radical (unpaired) electrons. The maximum atomic E-state index is 12.7. The van der Waals surface area contributed by atoms with Crippen LogP contribution in [-0.4, -0.2) is 84.6 Å². The minimum atomic E-state index is -0.953. The highest BCUT2D eigenvalue weighted by Crippen LogP contribution is 2.32. The van der Waals surface area contributed by atoms with Gasteiger partial charge in [0.15, 0.2) is 0 Å². The number of carbonyl (C=O) groups is 2. The van der Waals surface area contributed by atoms with Crippen molar-refractivity contribution >= 4 is 23.8 Å². The summed E-state index contributed by atoms with van der Waals surface area (Å²) in [7, 11) is 3.14. The van der Waals surface area contributed by atoms with Gasteiger partial charge in [-0.2, -0.15) is 0 Å². The molecule has 1 aliphatic heterocycles. The van der Waals surface area contributed by atoms with Crippen LogP contribution in [0.5, 0.6) is 0 Å². The molecule has 21 heavy (non-hydrogen) atoms. The molecule has 0 aromatic heterocycles. The van der Waals surface area contributed by atoms with E-state index in [1.165, 1.54) is 16.7 Å². The topological polar surface area (TPSA) is 79.3 Å². The van der Waals surface area contributed by atoms with E-state index in [9.17, 15) is 14.7 Å². The molecule has 1 rings (SSSR count). The number of amides is 2. The van der Waals surface area contributed by atoms with E-state index in [2.05, 4.69) is 0 Å². The summed E-state index contributed by atoms with van der Waals surface area (Å²) >= 11 is 1.52. The number of thioether (sulfide) groups is 1. The van der Waals surface area contributed by atoms with Gasteiger partial charge in [-0.05, 0) is 6.42 Å². The SMILES string of the molecule is CCC1SCC(C(=O)O)N1C(=O)N(CCOC)CCOC. The third-order valence-electron chi connectivity index (χ3n) is 3.35. The number of urea groups is 1. The van der Waals surface area contributed by atoms with Crippen molar-refractivity contribution < 1.29 is 24.2 Å². The van der Waals surface area contributed by atoms with E-state index in [4.69, 9.17) is 9.47 Å². The molecule has 0 aliphatic carbocycles. The number of carbonyl (C=O) groups excluding carboxylic acids is 1. The van der Waals surface area contributed by atoms with Crippen molar-refractivity contribution in [2.45, 2.75) is 24.8 Å². The lowest BCUT2D eigenvalue weighted by molar-refractivity contribution is -0.141. The smallest absolute Gasteiger partial charge is 0.327 e. The van der Waals surface area contributed by atoms with Gasteiger partial charge in [-0.25, -0.2) is 9.59 Å². The zero-order valence-corrected chi connectivity index (χ0v) is 13.6. The van der Waals surface area contributed by atoms with Crippen molar-refractivity contribution in [1.29, 1.82) is 0 Å². The molecule has 122 valence electrons. The number of rotatable bonds is 8. The van der Waals surface area contributed by atoms with Crippen molar-refractivity contribution in [3.05, 3.63) is 0 Å². The minimum Gasteiger partial charge on any atom is -0.480 e. The lowest BCUT2D eigenvalue weighted by atomic mass is 10.2. The molecule has 0 saturated carbocycles. The van der Waals surface area contributed by atoms with Gasteiger partial charge in [0, 0.05) is 33.1 Å². The molecule has 2 atom stereocenters. The third kappa shape index (κ3) is 4.76. The lowest BCUT2D eigenvalue weighted by Crippen LogP contribution is -2.52. The van der Waals surface area contributed by atoms with Crippen LogP contribution in [0.2, 0.25) is 0 Å². The van der Waals surface area contributed by atoms with Crippen LogP contribution in [0.1, 0.15) is 13.3 Å². The van der Waals surface area contributed by atoms with E-state index in [-0.39, 0.29) is 11.4 Å². The van der Waals surface area contributed by atoms with E-state index in [1.807, 2.05) is 6.92 Å². The van der Waals surface area contributed by atoms with Gasteiger partial charge in [-0.15, -0.1) is 11.8 Å². The summed E-state index contributed by atoms with van der Waals surface area (Å²) in [4.78, 5) is 27.1. The summed E-state index contributed by atoms with van der Waals surface area (Å²) in [5.41, 5.74) is 0. The third-order valence-corrected chi connectivity index (χ3v) is 4.80. The van der Waals surface area contributed by atoms with Crippen LogP contribution in [0.4, 0.5) is 4.79 Å². The predicted molar refractivity (Wildman–Crippen MR) is 80.5 cm³/mol. The second kappa shape index (κ2) is 9.11. The summed E-state index contributed by atoms with van der Waals surface area (Å²) in [6, 6.07) is -1.02. The van der Waals surface area contributed by atoms with Gasteiger partial charge in [-0.3, -0.25) is 4.90 Å². The quantitative estimate of drug-likeness (QED) is 0.717. The Balaban J connectivity index is 2.83. The highest BCUT2D eigenvalue weighted by molar-refractivity contribution is 8.00. The standard InChI is InChI=1S/C13H24N2O5S/c1-4-11-15(10(9-21-11)12(16)17)13(18)14(5-7-19-2)6-8-20-3/h10-11H,4-9H2,1-3H3,(H,16,17). The van der Waals surface area contributed by atoms with Crippen LogP contribution in [0, 0.1) is 0 Å². The summed E-state index contributed by atoms with van der Waals surface area (Å²) in [5, 5.41) is 9.21. The molecular weight excluding hydrogens is 296 g/mol. The first-order valence-corrected chi connectivity index (χ1v) is 8.01. The van der Waals surface area contributed by atoms with E-state index in [0.29, 0.717) is 32.1 Å². The van der Waals surface area contributed by atoms with Crippen LogP contribution < -0.4 is 0 Å². The first-order valence-electron chi connectivity index (χ1n) is 6.96. The molecule has 0 bridgehead atoms. The van der Waals surface area contributed by atoms with Crippen LogP contribution in [0.15, 0.2) is 0 Å². The van der Waals surface area contributed by atoms with E-state index in [1.54, 1.807) is 19.1 Å². The van der Waals surface area contributed by atoms with E-state index < -0.39 is 12.0 Å². The van der Waals surface area contributed by atoms with Crippen molar-refractivity contribution in [2.75, 3.05) is 46.3 Å². The predicted octanol–water partition coefficient (Wildman–Crippen LogP) is 0.939. The number of carboxylic acids is 1. The molecule has 1 saturated heterocycles. The summed E-state index contributed by atoms with van der Waals surface area (Å²) in [5.74, 6) is -0.521. The van der Waals surface area contributed by atoms with Crippen molar-refractivity contribution in [2.24, 2.45) is 0 Å². The first kappa shape index (κ1) is 18.1. The largest absolute Gasteiger partial charge is 0.480 e. The second-order valence-electron chi connectivity index (χ2n) is 4.71. The van der Waals surface area contributed by atoms with Crippen molar-refractivity contribution in [1.82, 2.24) is 9.80 Å². The molecule has 0 spiro atoms. The number of hydrogen-bond donors (Lipinski definition) is 1. The highest BCUT2D eigenvalue weighted by Gasteiger charge is 2.42. The van der Waals surface area contributed by atoms with Crippen LogP contribution >= 0.6 is 11.8 Å². The second-order valence-corrected chi connectivity index (χ2v) is 5.92. The molecule has 1 N–H and O–H groups in total. The Morgan fingerprint density at radius 1 is 1.29 bits per heavy atom. The molecule has 2 amide bonds. The van der Waals surface area contributed by atoms with Gasteiger partial charge in [0.05, 0.1) is 18.6 Å². The van der Waals surface area contributed by atoms with Gasteiger partial charge in [0.1, 0.15) is 6.04 Å². The lowest BCUT2D eigenvalue weighted by Gasteiger charge is -2.33. The summed E-state index contributed by atoms with van der Waals surface area (Å²) in [6.45, 7) is 3.61. The number of methoxy groups -OCH3 is 2. The molecule has 0 aromatic rings. The molecule has 8 heteroatoms. The van der Waals surface area contributed by atoms with Gasteiger partial charge in [0.2, 0.25) is 0 Å². The van der Waals surface area contributed by atoms with E-state index >= 15 is 0 Å². The molecule has 1 aliphatic rings. The fraction of sp³-hybridized carbons (Fsp3) is 0.846. The first-order chi connectivity index (χ1) is 10.1. The minimum absolute atomic E-state index is 0.0915. The van der Waals surface area contributed by atoms with Crippen molar-refractivity contribution in [3.63, 3.8) is 0 Å². The van der Waals surface area contributed by atoms with Crippen LogP contribution in [-0.2, 0) is 14.3 Å². The number of ether oxygens (including phenoxy) is 2. The Morgan fingerprint density at radius 3 is 2.29 bits per heavy atom. The maximum Gasteiger partial charge on any atom is 0.327 e. The zero-order valence-electron chi connectivity index (χ0n) is 12.8. The van der Waals surface area contributed by atoms with Crippen LogP contribution in [0.3, 0.4) is 0 Å². The fourth-order valence-corrected chi connectivity index (χ4v) is 3.54. The highest BCUT2D eigenvalue weighted by atomic mass is 32.2. The Kier molecular flexibility index (Phi) is 7.84. The average molecular weight is 320 g/mol. The van der Waals surface area contributed by atoms with Gasteiger partial charge in [-0.1, -0.05) is 6.92 Å². The number of aliphatic carboxylic acids is 1. The zero-order chi connectivity index (χ0) is 15.8. The molecule has 0 aromatic carbocycles. The Morgan fingerprint density at radius 2 is 1.86 bits per heavy atom. The number of nitrogens with zero attached hydrogens (tertiary/aromatic N) is 2. The number of hydrogen-bond acceptors (Lipinski definition) is 5. The average Bonchev–Trinajstić information content (AvgIpc) is 2.90. The Labute approximate surface area is 129 Å². The maximum absolute atomic E-state index is 12.7. The van der Waals surface area contributed by atoms with E-state index in [0.717, 1.165) is 6.42 Å². The fourth-order valence-electron chi connectivity index (χ4n) is 2.19. The monoisotopic (exact) mass is 320 g/mol. The molecule has 7 nitrogen and oxygen atoms in total. The Hall–Kier alpha value is -0.990. The normalized spacial score (nSPS) is 21.6. The van der Waals surface area contributed by atoms with Gasteiger partial charge < -0.3 is 19.5 Å². The molecule has 2 unspecified atom stereocenters. The Bertz CT molecular complexity index is 347. The van der Waals surface area contributed by atoms with Crippen molar-refractivity contribution in [3.8, 4) is 0 Å². The van der Waals surface area contributed by atoms with Crippen LogP contribution in [0.25, 0.3) is 0 Å². The van der Waals surface area contributed by atoms with Gasteiger partial charge >= 0.3 is 12.0 Å². The molecular formula is C13H24N2O5S.